The van der Waals surface area contributed by atoms with E-state index in [2.05, 4.69) is 20.5 Å². The van der Waals surface area contributed by atoms with Gasteiger partial charge in [-0.2, -0.15) is 5.10 Å². The van der Waals surface area contributed by atoms with Gasteiger partial charge >= 0.3 is 0 Å². The number of aromatic nitrogens is 3. The number of benzene rings is 2. The zero-order valence-corrected chi connectivity index (χ0v) is 15.4. The number of nitrogens with zero attached hydrogens (tertiary/aromatic N) is 3. The number of anilines is 1. The lowest BCUT2D eigenvalue weighted by molar-refractivity contribution is -0.116. The van der Waals surface area contributed by atoms with Gasteiger partial charge in [-0.05, 0) is 34.7 Å². The van der Waals surface area contributed by atoms with Gasteiger partial charge in [0.05, 0.1) is 6.20 Å². The molecule has 0 fully saturated rings. The summed E-state index contributed by atoms with van der Waals surface area (Å²) in [5.41, 5.74) is 3.62. The Balaban J connectivity index is 1.32. The van der Waals surface area contributed by atoms with Crippen molar-refractivity contribution in [3.63, 3.8) is 0 Å². The van der Waals surface area contributed by atoms with Gasteiger partial charge in [0.25, 0.3) is 5.91 Å². The van der Waals surface area contributed by atoms with Crippen molar-refractivity contribution in [1.29, 1.82) is 0 Å². The summed E-state index contributed by atoms with van der Waals surface area (Å²) in [7, 11) is 0. The van der Waals surface area contributed by atoms with E-state index in [0.29, 0.717) is 17.9 Å². The SMILES string of the molecule is O=C(CN1Cc2ccccc2C1=O)Nc1cc2cc(-c3cn[nH]c3)ccc2cn1. The van der Waals surface area contributed by atoms with Crippen LogP contribution in [0.5, 0.6) is 0 Å². The molecule has 5 rings (SSSR count). The summed E-state index contributed by atoms with van der Waals surface area (Å²) in [5, 5.41) is 11.5. The van der Waals surface area contributed by atoms with Crippen molar-refractivity contribution >= 4 is 28.4 Å². The molecule has 0 spiro atoms. The third-order valence-electron chi connectivity index (χ3n) is 5.05. The van der Waals surface area contributed by atoms with Gasteiger partial charge in [-0.1, -0.05) is 30.3 Å². The van der Waals surface area contributed by atoms with Gasteiger partial charge in [0.2, 0.25) is 5.91 Å². The molecule has 0 saturated heterocycles. The molecule has 0 bridgehead atoms. The average Bonchev–Trinajstić information content (AvgIpc) is 3.37. The van der Waals surface area contributed by atoms with E-state index >= 15 is 0 Å². The Kier molecular flexibility index (Phi) is 4.05. The van der Waals surface area contributed by atoms with Crippen LogP contribution in [0.15, 0.2) is 67.1 Å². The van der Waals surface area contributed by atoms with Gasteiger partial charge in [0.15, 0.2) is 0 Å². The molecule has 4 aromatic rings. The molecule has 1 aliphatic rings. The van der Waals surface area contributed by atoms with E-state index in [9.17, 15) is 9.59 Å². The third-order valence-corrected chi connectivity index (χ3v) is 5.05. The molecule has 0 radical (unpaired) electrons. The van der Waals surface area contributed by atoms with E-state index in [1.807, 2.05) is 48.7 Å². The Morgan fingerprint density at radius 2 is 1.97 bits per heavy atom. The minimum atomic E-state index is -0.274. The summed E-state index contributed by atoms with van der Waals surface area (Å²) in [6, 6.07) is 15.3. The number of carbonyl (C=O) groups excluding carboxylic acids is 2. The zero-order chi connectivity index (χ0) is 19.8. The predicted octanol–water partition coefficient (Wildman–Crippen LogP) is 3.22. The Hall–Kier alpha value is -4.00. The fourth-order valence-electron chi connectivity index (χ4n) is 3.60. The maximum absolute atomic E-state index is 12.5. The van der Waals surface area contributed by atoms with Gasteiger partial charge in [-0.25, -0.2) is 4.98 Å². The molecule has 0 aliphatic carbocycles. The Labute approximate surface area is 166 Å². The fraction of sp³-hybridized carbons (Fsp3) is 0.0909. The largest absolute Gasteiger partial charge is 0.325 e. The number of aromatic amines is 1. The molecule has 7 nitrogen and oxygen atoms in total. The first-order chi connectivity index (χ1) is 14.2. The number of H-pyrrole nitrogens is 1. The van der Waals surface area contributed by atoms with Gasteiger partial charge in [0.1, 0.15) is 12.4 Å². The summed E-state index contributed by atoms with van der Waals surface area (Å²) in [6.45, 7) is 0.434. The van der Waals surface area contributed by atoms with Crippen molar-refractivity contribution in [3.8, 4) is 11.1 Å². The molecule has 0 unspecified atom stereocenters. The number of nitrogens with one attached hydrogen (secondary N) is 2. The molecule has 2 N–H and O–H groups in total. The molecule has 3 heterocycles. The van der Waals surface area contributed by atoms with Crippen LogP contribution in [0.2, 0.25) is 0 Å². The van der Waals surface area contributed by atoms with Gasteiger partial charge in [-0.3, -0.25) is 14.7 Å². The smallest absolute Gasteiger partial charge is 0.254 e. The highest BCUT2D eigenvalue weighted by atomic mass is 16.2. The molecule has 2 aromatic heterocycles. The second-order valence-electron chi connectivity index (χ2n) is 6.98. The van der Waals surface area contributed by atoms with E-state index in [1.165, 1.54) is 4.90 Å². The van der Waals surface area contributed by atoms with Crippen LogP contribution in [0, 0.1) is 0 Å². The van der Waals surface area contributed by atoms with Crippen LogP contribution in [0.1, 0.15) is 15.9 Å². The minimum absolute atomic E-state index is 0.0116. The average molecular weight is 383 g/mol. The summed E-state index contributed by atoms with van der Waals surface area (Å²) < 4.78 is 0. The molecule has 2 aromatic carbocycles. The summed E-state index contributed by atoms with van der Waals surface area (Å²) in [5.74, 6) is 0.0620. The lowest BCUT2D eigenvalue weighted by atomic mass is 10.1. The molecule has 7 heteroatoms. The van der Waals surface area contributed by atoms with Crippen molar-refractivity contribution in [2.24, 2.45) is 0 Å². The fourth-order valence-corrected chi connectivity index (χ4v) is 3.60. The molecule has 0 saturated carbocycles. The first-order valence-electron chi connectivity index (χ1n) is 9.23. The number of rotatable bonds is 4. The van der Waals surface area contributed by atoms with Crippen LogP contribution in [-0.2, 0) is 11.3 Å². The van der Waals surface area contributed by atoms with Crippen LogP contribution in [-0.4, -0.2) is 38.4 Å². The normalized spacial score (nSPS) is 13.0. The van der Waals surface area contributed by atoms with Crippen molar-refractivity contribution in [2.75, 3.05) is 11.9 Å². The Bertz CT molecular complexity index is 1230. The van der Waals surface area contributed by atoms with Crippen molar-refractivity contribution in [1.82, 2.24) is 20.1 Å². The van der Waals surface area contributed by atoms with E-state index < -0.39 is 0 Å². The first-order valence-corrected chi connectivity index (χ1v) is 9.23. The highest BCUT2D eigenvalue weighted by molar-refractivity contribution is 6.02. The summed E-state index contributed by atoms with van der Waals surface area (Å²) in [4.78, 5) is 30.8. The van der Waals surface area contributed by atoms with E-state index in [-0.39, 0.29) is 18.4 Å². The summed E-state index contributed by atoms with van der Waals surface area (Å²) in [6.07, 6.45) is 5.31. The predicted molar refractivity (Wildman–Crippen MR) is 109 cm³/mol. The maximum Gasteiger partial charge on any atom is 0.254 e. The molecule has 142 valence electrons. The number of carbonyl (C=O) groups is 2. The number of hydrogen-bond donors (Lipinski definition) is 2. The van der Waals surface area contributed by atoms with E-state index in [0.717, 1.165) is 27.5 Å². The third kappa shape index (κ3) is 3.23. The molecular weight excluding hydrogens is 366 g/mol. The van der Waals surface area contributed by atoms with Crippen molar-refractivity contribution in [3.05, 3.63) is 78.2 Å². The van der Waals surface area contributed by atoms with E-state index in [4.69, 9.17) is 0 Å². The van der Waals surface area contributed by atoms with Crippen LogP contribution >= 0.6 is 0 Å². The zero-order valence-electron chi connectivity index (χ0n) is 15.4. The Morgan fingerprint density at radius 3 is 2.79 bits per heavy atom. The number of hydrogen-bond acceptors (Lipinski definition) is 4. The minimum Gasteiger partial charge on any atom is -0.325 e. The standard InChI is InChI=1S/C22H17N5O2/c28-21(13-27-12-16-3-1-2-4-19(16)22(27)29)26-20-8-17-7-14(18-10-24-25-11-18)5-6-15(17)9-23-20/h1-11H,12-13H2,(H,24,25)(H,23,26,28). The van der Waals surface area contributed by atoms with Crippen LogP contribution in [0.3, 0.4) is 0 Å². The van der Waals surface area contributed by atoms with Crippen molar-refractivity contribution < 1.29 is 9.59 Å². The number of pyridine rings is 1. The first kappa shape index (κ1) is 17.1. The molecule has 2 amide bonds. The van der Waals surface area contributed by atoms with Crippen LogP contribution in [0.4, 0.5) is 5.82 Å². The highest BCUT2D eigenvalue weighted by Crippen LogP contribution is 2.25. The Morgan fingerprint density at radius 1 is 1.07 bits per heavy atom. The maximum atomic E-state index is 12.5. The molecule has 29 heavy (non-hydrogen) atoms. The molecular formula is C22H17N5O2. The topological polar surface area (TPSA) is 91.0 Å². The highest BCUT2D eigenvalue weighted by Gasteiger charge is 2.28. The lowest BCUT2D eigenvalue weighted by Gasteiger charge is -2.15. The molecule has 0 atom stereocenters. The summed E-state index contributed by atoms with van der Waals surface area (Å²) >= 11 is 0. The monoisotopic (exact) mass is 383 g/mol. The quantitative estimate of drug-likeness (QED) is 0.566. The van der Waals surface area contributed by atoms with Crippen LogP contribution < -0.4 is 5.32 Å². The number of amides is 2. The van der Waals surface area contributed by atoms with Gasteiger partial charge in [-0.15, -0.1) is 0 Å². The second-order valence-corrected chi connectivity index (χ2v) is 6.98. The van der Waals surface area contributed by atoms with Gasteiger partial charge in [0, 0.05) is 35.5 Å². The van der Waals surface area contributed by atoms with Crippen molar-refractivity contribution in [2.45, 2.75) is 6.54 Å². The van der Waals surface area contributed by atoms with E-state index in [1.54, 1.807) is 18.5 Å². The van der Waals surface area contributed by atoms with Crippen LogP contribution in [0.25, 0.3) is 21.9 Å². The van der Waals surface area contributed by atoms with Gasteiger partial charge < -0.3 is 10.2 Å². The molecule has 1 aliphatic heterocycles. The second kappa shape index (κ2) is 6.87. The number of fused-ring (bicyclic) bond motifs is 2. The lowest BCUT2D eigenvalue weighted by Crippen LogP contribution is -2.33.